The minimum absolute atomic E-state index is 0.341. The second kappa shape index (κ2) is 20.9. The van der Waals surface area contributed by atoms with Crippen molar-refractivity contribution >= 4 is 42.1 Å². The topological polar surface area (TPSA) is 104 Å². The molecule has 2 heterocycles. The minimum atomic E-state index is -0.796. The van der Waals surface area contributed by atoms with Crippen molar-refractivity contribution in [1.29, 1.82) is 0 Å². The molecule has 1 aliphatic heterocycles. The van der Waals surface area contributed by atoms with Gasteiger partial charge in [0.2, 0.25) is 0 Å². The van der Waals surface area contributed by atoms with Crippen LogP contribution in [-0.4, -0.2) is 80.7 Å². The Bertz CT molecular complexity index is 1330. The molecule has 1 unspecified atom stereocenters. The summed E-state index contributed by atoms with van der Waals surface area (Å²) in [6.45, 7) is 22.0. The Kier molecular flexibility index (Phi) is 18.1. The Morgan fingerprint density at radius 3 is 2.27 bits per heavy atom. The van der Waals surface area contributed by atoms with E-state index in [4.69, 9.17) is 5.11 Å². The predicted octanol–water partition coefficient (Wildman–Crippen LogP) is 6.82. The van der Waals surface area contributed by atoms with E-state index in [2.05, 4.69) is 57.1 Å². The molecule has 9 nitrogen and oxygen atoms in total. The second-order valence-electron chi connectivity index (χ2n) is 10.8. The van der Waals surface area contributed by atoms with Crippen molar-refractivity contribution < 1.29 is 23.5 Å². The molecule has 0 bridgehead atoms. The summed E-state index contributed by atoms with van der Waals surface area (Å²) in [5.74, 6) is 1.06. The molecule has 1 N–H and O–H groups in total. The lowest BCUT2D eigenvalue weighted by atomic mass is 9.96. The Hall–Kier alpha value is -3.99. The van der Waals surface area contributed by atoms with Gasteiger partial charge in [-0.05, 0) is 75.1 Å². The first-order valence-corrected chi connectivity index (χ1v) is 15.4. The van der Waals surface area contributed by atoms with Crippen LogP contribution in [0.3, 0.4) is 0 Å². The van der Waals surface area contributed by atoms with E-state index in [1.807, 2.05) is 38.8 Å². The van der Waals surface area contributed by atoms with Crippen molar-refractivity contribution in [3.8, 4) is 11.1 Å². The third-order valence-corrected chi connectivity index (χ3v) is 6.82. The maximum atomic E-state index is 14.8. The molecule has 1 saturated heterocycles. The van der Waals surface area contributed by atoms with Gasteiger partial charge in [-0.3, -0.25) is 0 Å². The van der Waals surface area contributed by atoms with Crippen LogP contribution in [0.1, 0.15) is 54.4 Å². The van der Waals surface area contributed by atoms with Crippen LogP contribution in [0, 0.1) is 23.5 Å². The van der Waals surface area contributed by atoms with Crippen LogP contribution in [0.15, 0.2) is 46.8 Å². The molecule has 4 rings (SSSR count). The Morgan fingerprint density at radius 2 is 1.78 bits per heavy atom. The van der Waals surface area contributed by atoms with Gasteiger partial charge in [-0.2, -0.15) is 0 Å². The largest absolute Gasteiger partial charge is 0.396 e. The maximum absolute atomic E-state index is 14.8. The highest BCUT2D eigenvalue weighted by Gasteiger charge is 2.23. The van der Waals surface area contributed by atoms with Gasteiger partial charge < -0.3 is 29.5 Å². The highest BCUT2D eigenvalue weighted by atomic mass is 19.1. The van der Waals surface area contributed by atoms with Crippen LogP contribution >= 0.6 is 0 Å². The Balaban J connectivity index is 0.000000610. The third-order valence-electron chi connectivity index (χ3n) is 6.82. The van der Waals surface area contributed by atoms with E-state index in [0.717, 1.165) is 38.3 Å². The van der Waals surface area contributed by atoms with Crippen LogP contribution in [0.4, 0.5) is 20.3 Å². The number of oxime groups is 1. The lowest BCUT2D eigenvalue weighted by Gasteiger charge is -2.32. The fraction of sp³-hybridized carbons (Fsp3) is 0.500. The monoisotopic (exact) mass is 628 g/mol. The van der Waals surface area contributed by atoms with E-state index < -0.39 is 6.10 Å². The molecule has 1 aliphatic rings. The first-order chi connectivity index (χ1) is 21.6. The number of hydrogen-bond acceptors (Lipinski definition) is 9. The quantitative estimate of drug-likeness (QED) is 0.149. The van der Waals surface area contributed by atoms with Gasteiger partial charge in [-0.25, -0.2) is 18.7 Å². The van der Waals surface area contributed by atoms with E-state index in [1.165, 1.54) is 31.5 Å². The van der Waals surface area contributed by atoms with Gasteiger partial charge in [0.25, 0.3) is 0 Å². The summed E-state index contributed by atoms with van der Waals surface area (Å²) in [7, 11) is 1.84. The number of anilines is 2. The minimum Gasteiger partial charge on any atom is -0.396 e. The number of aliphatic imine (C=N–C) groups is 1. The van der Waals surface area contributed by atoms with E-state index >= 15 is 0 Å². The summed E-state index contributed by atoms with van der Waals surface area (Å²) >= 11 is 0. The molecule has 0 radical (unpaired) electrons. The molecule has 1 atom stereocenters. The fourth-order valence-corrected chi connectivity index (χ4v) is 4.46. The van der Waals surface area contributed by atoms with Crippen molar-refractivity contribution in [1.82, 2.24) is 9.97 Å². The first-order valence-electron chi connectivity index (χ1n) is 15.4. The fourth-order valence-electron chi connectivity index (χ4n) is 4.46. The SMILES string of the molecule is C=NCC1CCN(c2ncnc3c(-c4ccc(N(C)CC)c(F)c4)cc(F)cc23)CC1.C=NOCC(C)C.CC.CC(O)C=O. The Morgan fingerprint density at radius 1 is 1.13 bits per heavy atom. The number of fused-ring (bicyclic) bond motifs is 1. The zero-order chi connectivity index (χ0) is 33.9. The summed E-state index contributed by atoms with van der Waals surface area (Å²) in [4.78, 5) is 30.8. The van der Waals surface area contributed by atoms with Gasteiger partial charge in [0.15, 0.2) is 0 Å². The molecule has 11 heteroatoms. The normalized spacial score (nSPS) is 13.3. The van der Waals surface area contributed by atoms with E-state index in [1.54, 1.807) is 6.07 Å². The summed E-state index contributed by atoms with van der Waals surface area (Å²) in [6, 6.07) is 7.88. The smallest absolute Gasteiger partial charge is 0.148 e. The van der Waals surface area contributed by atoms with Gasteiger partial charge >= 0.3 is 0 Å². The zero-order valence-electron chi connectivity index (χ0n) is 27.8. The molecular formula is C34H50F2N6O3. The lowest BCUT2D eigenvalue weighted by Crippen LogP contribution is -2.35. The van der Waals surface area contributed by atoms with Crippen molar-refractivity contribution in [3.63, 3.8) is 0 Å². The number of rotatable bonds is 10. The number of piperidine rings is 1. The number of benzene rings is 2. The molecule has 3 aromatic rings. The number of aliphatic hydroxyl groups is 1. The number of aromatic nitrogens is 2. The average Bonchev–Trinajstić information content (AvgIpc) is 3.04. The van der Waals surface area contributed by atoms with E-state index in [9.17, 15) is 13.6 Å². The summed E-state index contributed by atoms with van der Waals surface area (Å²) in [5, 5.41) is 11.9. The summed E-state index contributed by atoms with van der Waals surface area (Å²) in [5.41, 5.74) is 2.29. The molecule has 0 aliphatic carbocycles. The van der Waals surface area contributed by atoms with E-state index in [0.29, 0.717) is 59.0 Å². The van der Waals surface area contributed by atoms with Crippen LogP contribution in [0.5, 0.6) is 0 Å². The van der Waals surface area contributed by atoms with E-state index in [-0.39, 0.29) is 11.6 Å². The molecule has 1 fully saturated rings. The van der Waals surface area contributed by atoms with Crippen LogP contribution in [-0.2, 0) is 9.63 Å². The highest BCUT2D eigenvalue weighted by Crippen LogP contribution is 2.35. The number of aldehydes is 1. The summed E-state index contributed by atoms with van der Waals surface area (Å²) < 4.78 is 29.4. The molecule has 1 aromatic heterocycles. The van der Waals surface area contributed by atoms with Crippen LogP contribution < -0.4 is 9.80 Å². The van der Waals surface area contributed by atoms with Gasteiger partial charge in [-0.1, -0.05) is 33.8 Å². The molecule has 0 spiro atoms. The standard InChI is InChI=1S/C24H27F2N5.C5H11NO.C3H6O2.C2H6/c1-4-30(3)22-6-5-17(11-21(22)26)19-12-18(25)13-20-23(19)28-15-29-24(20)31-9-7-16(8-10-31)14-27-2;1-5(2)4-7-6-3;1-3(5)2-4;1-2/h5-6,11-13,15-16H,2,4,7-10,14H2,1,3H3;5H,3-4H2,1-2H3;2-3,5H,1H3;1-2H3. The van der Waals surface area contributed by atoms with Gasteiger partial charge in [0.05, 0.1) is 11.2 Å². The van der Waals surface area contributed by atoms with Crippen LogP contribution in [0.2, 0.25) is 0 Å². The second-order valence-corrected chi connectivity index (χ2v) is 10.8. The number of carbonyl (C=O) groups is 1. The van der Waals surface area contributed by atoms with Gasteiger partial charge in [-0.15, -0.1) is 5.16 Å². The molecule has 248 valence electrons. The molecule has 2 aromatic carbocycles. The number of hydrogen-bond donors (Lipinski definition) is 1. The van der Waals surface area contributed by atoms with Crippen molar-refractivity contribution in [2.45, 2.75) is 60.5 Å². The lowest BCUT2D eigenvalue weighted by molar-refractivity contribution is -0.114. The first kappa shape index (κ1) is 39.0. The maximum Gasteiger partial charge on any atom is 0.148 e. The zero-order valence-corrected chi connectivity index (χ0v) is 27.8. The molecular weight excluding hydrogens is 578 g/mol. The average molecular weight is 629 g/mol. The number of halogens is 2. The molecule has 0 saturated carbocycles. The molecule has 45 heavy (non-hydrogen) atoms. The van der Waals surface area contributed by atoms with Crippen molar-refractivity contribution in [2.75, 3.05) is 49.6 Å². The molecule has 0 amide bonds. The number of aliphatic hydroxyl groups excluding tert-OH is 1. The van der Waals surface area contributed by atoms with Crippen molar-refractivity contribution in [2.24, 2.45) is 22.0 Å². The van der Waals surface area contributed by atoms with Gasteiger partial charge in [0, 0.05) is 50.9 Å². The van der Waals surface area contributed by atoms with Crippen molar-refractivity contribution in [3.05, 3.63) is 48.3 Å². The number of carbonyl (C=O) groups excluding carboxylic acids is 1. The van der Waals surface area contributed by atoms with Crippen LogP contribution in [0.25, 0.3) is 22.0 Å². The third kappa shape index (κ3) is 12.5. The predicted molar refractivity (Wildman–Crippen MR) is 183 cm³/mol. The Labute approximate surface area is 267 Å². The van der Waals surface area contributed by atoms with Gasteiger partial charge in [0.1, 0.15) is 42.8 Å². The number of nitrogens with zero attached hydrogens (tertiary/aromatic N) is 6. The summed E-state index contributed by atoms with van der Waals surface area (Å²) in [6.07, 6.45) is 3.16. The highest BCUT2D eigenvalue weighted by molar-refractivity contribution is 5.99.